The maximum atomic E-state index is 8.70. The summed E-state index contributed by atoms with van der Waals surface area (Å²) in [6.45, 7) is 6.00. The predicted octanol–water partition coefficient (Wildman–Crippen LogP) is 2.71. The summed E-state index contributed by atoms with van der Waals surface area (Å²) < 4.78 is 8.70. The summed E-state index contributed by atoms with van der Waals surface area (Å²) in [7, 11) is -2.87. The Bertz CT molecular complexity index is 88.1. The number of hydrogen-bond donors (Lipinski definition) is 4. The average Bonchev–Trinajstić information content (AvgIpc) is 2.44. The van der Waals surface area contributed by atoms with Gasteiger partial charge < -0.3 is 12.3 Å². The Morgan fingerprint density at radius 1 is 0.846 bits per heavy atom. The Labute approximate surface area is 81.0 Å². The maximum absolute atomic E-state index is 8.70. The lowest BCUT2D eigenvalue weighted by atomic mass is 10.4. The van der Waals surface area contributed by atoms with Crippen LogP contribution < -0.4 is 12.3 Å². The Morgan fingerprint density at radius 2 is 0.923 bits per heavy atom. The maximum Gasteiger partial charge on any atom is 0.692 e. The lowest BCUT2D eigenvalue weighted by molar-refractivity contribution is 0.405. The van der Waals surface area contributed by atoms with Crippen LogP contribution in [-0.2, 0) is 4.57 Å². The first-order chi connectivity index (χ1) is 5.23. The van der Waals surface area contributed by atoms with Crippen LogP contribution in [0.15, 0.2) is 13.2 Å². The fourth-order valence-electron chi connectivity index (χ4n) is 0.884. The van der Waals surface area contributed by atoms with E-state index in [-0.39, 0.29) is 12.3 Å². The van der Waals surface area contributed by atoms with Crippen LogP contribution in [0.5, 0.6) is 0 Å². The molecule has 0 aromatic carbocycles. The molecule has 0 radical (unpaired) electrons. The summed E-state index contributed by atoms with van der Waals surface area (Å²) in [6, 6.07) is 0. The van der Waals surface area contributed by atoms with Crippen molar-refractivity contribution in [2.24, 2.45) is 0 Å². The third-order valence-electron chi connectivity index (χ3n) is 1.25. The first-order valence-electron chi connectivity index (χ1n) is 3.58. The monoisotopic (exact) mass is 213 g/mol. The summed E-state index contributed by atoms with van der Waals surface area (Å²) in [4.78, 5) is 14.2. The summed E-state index contributed by atoms with van der Waals surface area (Å²) in [5, 5.41) is 0. The Morgan fingerprint density at radius 3 is 1.00 bits per heavy atom. The van der Waals surface area contributed by atoms with Crippen molar-refractivity contribution in [3.8, 4) is 0 Å². The molecule has 0 amide bonds. The second-order valence-electron chi connectivity index (χ2n) is 2.02. The molecule has 0 saturated heterocycles. The van der Waals surface area contributed by atoms with Gasteiger partial charge in [-0.1, -0.05) is 32.1 Å². The number of rotatable bonds is 0. The fourth-order valence-corrected chi connectivity index (χ4v) is 0.884. The molecule has 0 aromatic heterocycles. The third-order valence-corrected chi connectivity index (χ3v) is 1.25. The van der Waals surface area contributed by atoms with Gasteiger partial charge in [0.05, 0.1) is 0 Å². The van der Waals surface area contributed by atoms with Crippen molar-refractivity contribution >= 4 is 8.25 Å². The van der Waals surface area contributed by atoms with E-state index in [1.807, 2.05) is 0 Å². The molecule has 82 valence electrons. The molecule has 1 rings (SSSR count). The molecule has 1 aliphatic rings. The van der Waals surface area contributed by atoms with Crippen molar-refractivity contribution in [1.82, 2.24) is 12.3 Å². The van der Waals surface area contributed by atoms with Crippen LogP contribution in [0.4, 0.5) is 0 Å². The molecule has 0 unspecified atom stereocenters. The van der Waals surface area contributed by atoms with E-state index < -0.39 is 8.25 Å². The summed E-state index contributed by atoms with van der Waals surface area (Å²) in [5.74, 6) is 0. The third kappa shape index (κ3) is 50.0. The van der Waals surface area contributed by atoms with Crippen LogP contribution >= 0.6 is 8.25 Å². The fraction of sp³-hybridized carbons (Fsp3) is 0.714. The van der Waals surface area contributed by atoms with Gasteiger partial charge in [-0.15, -0.1) is 22.9 Å². The summed E-state index contributed by atoms with van der Waals surface area (Å²) in [5.41, 5.74) is 0. The van der Waals surface area contributed by atoms with E-state index in [1.54, 1.807) is 0 Å². The Kier molecular flexibility index (Phi) is 39.9. The van der Waals surface area contributed by atoms with E-state index in [4.69, 9.17) is 14.4 Å². The lowest BCUT2D eigenvalue weighted by Crippen LogP contribution is -1.47. The van der Waals surface area contributed by atoms with Crippen LogP contribution in [0.3, 0.4) is 0 Å². The van der Waals surface area contributed by atoms with E-state index in [0.29, 0.717) is 0 Å². The highest BCUT2D eigenvalue weighted by Crippen LogP contribution is 2.15. The first kappa shape index (κ1) is 23.0. The predicted molar refractivity (Wildman–Crippen MR) is 56.4 cm³/mol. The molecular weight excluding hydrogens is 191 g/mol. The van der Waals surface area contributed by atoms with Gasteiger partial charge in [0.1, 0.15) is 0 Å². The largest absolute Gasteiger partial charge is 0.692 e. The van der Waals surface area contributed by atoms with Crippen molar-refractivity contribution in [2.45, 2.75) is 32.1 Å². The minimum atomic E-state index is -2.87. The molecule has 8 N–H and O–H groups in total. The Balaban J connectivity index is -0.0000000472. The van der Waals surface area contributed by atoms with Crippen LogP contribution in [-0.4, -0.2) is 9.79 Å². The highest BCUT2D eigenvalue weighted by atomic mass is 31.1. The zero-order chi connectivity index (χ0) is 9.11. The van der Waals surface area contributed by atoms with Gasteiger partial charge in [-0.3, -0.25) is 0 Å². The van der Waals surface area contributed by atoms with E-state index >= 15 is 0 Å². The van der Waals surface area contributed by atoms with Gasteiger partial charge in [0.15, 0.2) is 0 Å². The number of hydrogen-bond acceptors (Lipinski definition) is 3. The molecular formula is C7H22N2O3P+. The van der Waals surface area contributed by atoms with E-state index in [0.717, 1.165) is 0 Å². The molecule has 5 nitrogen and oxygen atoms in total. The first-order valence-corrected chi connectivity index (χ1v) is 4.75. The smallest absolute Gasteiger partial charge is 0.344 e. The van der Waals surface area contributed by atoms with Crippen LogP contribution in [0.1, 0.15) is 32.1 Å². The van der Waals surface area contributed by atoms with E-state index in [2.05, 4.69) is 13.2 Å². The zero-order valence-corrected chi connectivity index (χ0v) is 9.01. The second-order valence-corrected chi connectivity index (χ2v) is 2.53. The van der Waals surface area contributed by atoms with E-state index in [1.165, 1.54) is 32.1 Å². The zero-order valence-electron chi connectivity index (χ0n) is 8.11. The molecule has 0 spiro atoms. The summed E-state index contributed by atoms with van der Waals surface area (Å²) in [6.07, 6.45) is 7.50. The lowest BCUT2D eigenvalue weighted by Gasteiger charge is -1.67. The molecule has 0 aliphatic heterocycles. The van der Waals surface area contributed by atoms with Crippen molar-refractivity contribution in [3.63, 3.8) is 0 Å². The standard InChI is InChI=1S/C5H10.C2H4.2H3N.HO3P/c1-2-4-5-3-1;1-2;;;1-4(2)3/h1-5H2;1-2H2;2*1H3;(H-,1,2,3)/p+1. The van der Waals surface area contributed by atoms with Gasteiger partial charge in [0.25, 0.3) is 0 Å². The van der Waals surface area contributed by atoms with Crippen LogP contribution in [0.25, 0.3) is 0 Å². The molecule has 0 bridgehead atoms. The van der Waals surface area contributed by atoms with Gasteiger partial charge in [-0.2, -0.15) is 0 Å². The Hall–Kier alpha value is -0.320. The van der Waals surface area contributed by atoms with Gasteiger partial charge in [0, 0.05) is 4.57 Å². The highest BCUT2D eigenvalue weighted by molar-refractivity contribution is 7.30. The molecule has 1 fully saturated rings. The van der Waals surface area contributed by atoms with Crippen LogP contribution in [0, 0.1) is 0 Å². The molecule has 0 aromatic rings. The topological polar surface area (TPSA) is 128 Å². The molecule has 6 heteroatoms. The van der Waals surface area contributed by atoms with Crippen LogP contribution in [0.2, 0.25) is 0 Å². The van der Waals surface area contributed by atoms with Gasteiger partial charge >= 0.3 is 8.25 Å². The minimum Gasteiger partial charge on any atom is -0.344 e. The van der Waals surface area contributed by atoms with Crippen molar-refractivity contribution < 1.29 is 14.4 Å². The molecule has 0 heterocycles. The summed E-state index contributed by atoms with van der Waals surface area (Å²) >= 11 is 0. The van der Waals surface area contributed by atoms with Gasteiger partial charge in [0.2, 0.25) is 0 Å². The molecule has 0 atom stereocenters. The van der Waals surface area contributed by atoms with E-state index in [9.17, 15) is 0 Å². The van der Waals surface area contributed by atoms with Gasteiger partial charge in [-0.05, 0) is 0 Å². The average molecular weight is 213 g/mol. The SMILES string of the molecule is C1CCCC1.C=C.N.N.O=[P+](O)O. The van der Waals surface area contributed by atoms with Crippen molar-refractivity contribution in [1.29, 1.82) is 0 Å². The van der Waals surface area contributed by atoms with Crippen molar-refractivity contribution in [2.75, 3.05) is 0 Å². The second kappa shape index (κ2) is 22.6. The highest BCUT2D eigenvalue weighted by Gasteiger charge is 1.95. The normalized spacial score (nSPS) is 11.5. The quantitative estimate of drug-likeness (QED) is 0.363. The van der Waals surface area contributed by atoms with Crippen molar-refractivity contribution in [3.05, 3.63) is 13.2 Å². The molecule has 1 aliphatic carbocycles. The molecule has 1 saturated carbocycles. The van der Waals surface area contributed by atoms with Gasteiger partial charge in [-0.25, -0.2) is 0 Å². The minimum absolute atomic E-state index is 0. The molecule has 13 heavy (non-hydrogen) atoms.